The Morgan fingerprint density at radius 2 is 2.05 bits per heavy atom. The van der Waals surface area contributed by atoms with E-state index in [1.807, 2.05) is 18.5 Å². The van der Waals surface area contributed by atoms with E-state index in [9.17, 15) is 0 Å². The Hall–Kier alpha value is -0.930. The number of nitrogens with zero attached hydrogens (tertiary/aromatic N) is 2. The molecule has 1 aromatic rings. The van der Waals surface area contributed by atoms with Crippen LogP contribution in [-0.2, 0) is 0 Å². The first-order valence-electron chi connectivity index (χ1n) is 8.19. The third-order valence-electron chi connectivity index (χ3n) is 4.67. The van der Waals surface area contributed by atoms with E-state index in [2.05, 4.69) is 29.8 Å². The molecule has 2 atom stereocenters. The van der Waals surface area contributed by atoms with Gasteiger partial charge in [-0.15, -0.1) is 0 Å². The van der Waals surface area contributed by atoms with Gasteiger partial charge in [0.2, 0.25) is 0 Å². The van der Waals surface area contributed by atoms with Gasteiger partial charge in [0.1, 0.15) is 0 Å². The fourth-order valence-electron chi connectivity index (χ4n) is 3.55. The summed E-state index contributed by atoms with van der Waals surface area (Å²) >= 11 is 0. The van der Waals surface area contributed by atoms with Gasteiger partial charge in [0.25, 0.3) is 0 Å². The molecule has 0 amide bonds. The number of aromatic nitrogens is 1. The van der Waals surface area contributed by atoms with Crippen LogP contribution in [0.5, 0.6) is 0 Å². The quantitative estimate of drug-likeness (QED) is 0.864. The summed E-state index contributed by atoms with van der Waals surface area (Å²) in [6.45, 7) is 5.51. The van der Waals surface area contributed by atoms with Gasteiger partial charge in [-0.2, -0.15) is 0 Å². The molecule has 2 rings (SSSR count). The topological polar surface area (TPSA) is 42.1 Å². The Labute approximate surface area is 123 Å². The van der Waals surface area contributed by atoms with Gasteiger partial charge >= 0.3 is 0 Å². The van der Waals surface area contributed by atoms with Gasteiger partial charge in [-0.3, -0.25) is 9.88 Å². The lowest BCUT2D eigenvalue weighted by molar-refractivity contribution is 0.0929. The molecule has 20 heavy (non-hydrogen) atoms. The third-order valence-corrected chi connectivity index (χ3v) is 4.67. The maximum Gasteiger partial charge on any atom is 0.0517 e. The Morgan fingerprint density at radius 3 is 2.60 bits per heavy atom. The number of nitrogens with two attached hydrogens (primary N) is 1. The molecule has 1 aliphatic carbocycles. The minimum absolute atomic E-state index is 0.182. The second-order valence-electron chi connectivity index (χ2n) is 5.93. The van der Waals surface area contributed by atoms with Crippen molar-refractivity contribution in [1.82, 2.24) is 9.88 Å². The number of pyridine rings is 1. The van der Waals surface area contributed by atoms with Crippen LogP contribution in [0.25, 0.3) is 0 Å². The van der Waals surface area contributed by atoms with Crippen molar-refractivity contribution >= 4 is 0 Å². The van der Waals surface area contributed by atoms with Crippen molar-refractivity contribution in [1.29, 1.82) is 0 Å². The van der Waals surface area contributed by atoms with Gasteiger partial charge in [-0.25, -0.2) is 0 Å². The normalized spacial score (nSPS) is 20.0. The molecule has 0 bridgehead atoms. The van der Waals surface area contributed by atoms with Gasteiger partial charge < -0.3 is 5.73 Å². The van der Waals surface area contributed by atoms with Gasteiger partial charge in [0.15, 0.2) is 0 Å². The molecular formula is C17H29N3. The second kappa shape index (κ2) is 7.75. The number of hydrogen-bond donors (Lipinski definition) is 1. The molecule has 0 aliphatic heterocycles. The van der Waals surface area contributed by atoms with E-state index in [4.69, 9.17) is 5.73 Å². The molecule has 1 fully saturated rings. The SMILES string of the molecule is CCC(N)C(c1cccnc1)N(CC)C1CCCCC1. The Kier molecular flexibility index (Phi) is 5.99. The summed E-state index contributed by atoms with van der Waals surface area (Å²) in [7, 11) is 0. The number of rotatable bonds is 6. The maximum absolute atomic E-state index is 6.46. The molecule has 1 saturated carbocycles. The van der Waals surface area contributed by atoms with Crippen molar-refractivity contribution in [2.24, 2.45) is 5.73 Å². The molecule has 3 heteroatoms. The Balaban J connectivity index is 2.23. The highest BCUT2D eigenvalue weighted by molar-refractivity contribution is 5.17. The minimum Gasteiger partial charge on any atom is -0.326 e. The molecule has 112 valence electrons. The fraction of sp³-hybridized carbons (Fsp3) is 0.706. The van der Waals surface area contributed by atoms with Crippen LogP contribution in [0.1, 0.15) is 64.0 Å². The van der Waals surface area contributed by atoms with Crippen LogP contribution in [0.4, 0.5) is 0 Å². The van der Waals surface area contributed by atoms with Crippen LogP contribution < -0.4 is 5.73 Å². The molecule has 0 radical (unpaired) electrons. The number of hydrogen-bond acceptors (Lipinski definition) is 3. The molecule has 0 spiro atoms. The fourth-order valence-corrected chi connectivity index (χ4v) is 3.55. The van der Waals surface area contributed by atoms with Crippen molar-refractivity contribution in [2.45, 2.75) is 70.5 Å². The lowest BCUT2D eigenvalue weighted by atomic mass is 9.89. The van der Waals surface area contributed by atoms with E-state index in [0.29, 0.717) is 12.1 Å². The molecule has 1 heterocycles. The lowest BCUT2D eigenvalue weighted by Crippen LogP contribution is -2.46. The summed E-state index contributed by atoms with van der Waals surface area (Å²) in [6, 6.07) is 5.39. The first-order valence-corrected chi connectivity index (χ1v) is 8.19. The molecule has 1 aliphatic rings. The monoisotopic (exact) mass is 275 g/mol. The zero-order valence-electron chi connectivity index (χ0n) is 13.0. The van der Waals surface area contributed by atoms with Crippen LogP contribution in [0.15, 0.2) is 24.5 Å². The van der Waals surface area contributed by atoms with Crippen LogP contribution >= 0.6 is 0 Å². The largest absolute Gasteiger partial charge is 0.326 e. The minimum atomic E-state index is 0.182. The van der Waals surface area contributed by atoms with Gasteiger partial charge in [-0.1, -0.05) is 39.2 Å². The Morgan fingerprint density at radius 1 is 1.30 bits per heavy atom. The molecule has 1 aromatic heterocycles. The van der Waals surface area contributed by atoms with Gasteiger partial charge in [0.05, 0.1) is 6.04 Å². The van der Waals surface area contributed by atoms with E-state index < -0.39 is 0 Å². The zero-order valence-corrected chi connectivity index (χ0v) is 13.0. The van der Waals surface area contributed by atoms with E-state index in [-0.39, 0.29) is 6.04 Å². The Bertz CT molecular complexity index is 373. The van der Waals surface area contributed by atoms with Crippen molar-refractivity contribution < 1.29 is 0 Å². The molecule has 0 aromatic carbocycles. The maximum atomic E-state index is 6.46. The van der Waals surface area contributed by atoms with Crippen LogP contribution in [0.2, 0.25) is 0 Å². The molecular weight excluding hydrogens is 246 g/mol. The van der Waals surface area contributed by atoms with Crippen LogP contribution in [0.3, 0.4) is 0 Å². The summed E-state index contributed by atoms with van der Waals surface area (Å²) in [5.41, 5.74) is 7.74. The average molecular weight is 275 g/mol. The average Bonchev–Trinajstić information content (AvgIpc) is 2.53. The van der Waals surface area contributed by atoms with Gasteiger partial charge in [0, 0.05) is 24.5 Å². The summed E-state index contributed by atoms with van der Waals surface area (Å²) in [5.74, 6) is 0. The van der Waals surface area contributed by atoms with Gasteiger partial charge in [-0.05, 0) is 37.4 Å². The predicted octanol–water partition coefficient (Wildman–Crippen LogP) is 3.51. The van der Waals surface area contributed by atoms with E-state index >= 15 is 0 Å². The lowest BCUT2D eigenvalue weighted by Gasteiger charge is -2.41. The summed E-state index contributed by atoms with van der Waals surface area (Å²) < 4.78 is 0. The van der Waals surface area contributed by atoms with E-state index in [0.717, 1.165) is 13.0 Å². The first-order chi connectivity index (χ1) is 9.77. The van der Waals surface area contributed by atoms with Crippen LogP contribution in [0, 0.1) is 0 Å². The van der Waals surface area contributed by atoms with Crippen molar-refractivity contribution in [2.75, 3.05) is 6.54 Å². The zero-order chi connectivity index (χ0) is 14.4. The van der Waals surface area contributed by atoms with Crippen molar-refractivity contribution in [3.8, 4) is 0 Å². The third kappa shape index (κ3) is 3.58. The van der Waals surface area contributed by atoms with Crippen molar-refractivity contribution in [3.63, 3.8) is 0 Å². The van der Waals surface area contributed by atoms with Crippen LogP contribution in [-0.4, -0.2) is 28.5 Å². The summed E-state index contributed by atoms with van der Waals surface area (Å²) in [4.78, 5) is 6.93. The molecule has 2 unspecified atom stereocenters. The molecule has 0 saturated heterocycles. The van der Waals surface area contributed by atoms with E-state index in [1.165, 1.54) is 37.7 Å². The van der Waals surface area contributed by atoms with Crippen molar-refractivity contribution in [3.05, 3.63) is 30.1 Å². The summed E-state index contributed by atoms with van der Waals surface area (Å²) in [5, 5.41) is 0. The smallest absolute Gasteiger partial charge is 0.0517 e. The predicted molar refractivity (Wildman–Crippen MR) is 84.5 cm³/mol. The summed E-state index contributed by atoms with van der Waals surface area (Å²) in [6.07, 6.45) is 11.6. The standard InChI is InChI=1S/C17H29N3/c1-3-16(18)17(14-9-8-12-19-13-14)20(4-2)15-10-6-5-7-11-15/h8-9,12-13,15-17H,3-7,10-11,18H2,1-2H3. The highest BCUT2D eigenvalue weighted by Crippen LogP contribution is 2.32. The van der Waals surface area contributed by atoms with E-state index in [1.54, 1.807) is 0 Å². The second-order valence-corrected chi connectivity index (χ2v) is 5.93. The number of likely N-dealkylation sites (N-methyl/N-ethyl adjacent to an activating group) is 1. The highest BCUT2D eigenvalue weighted by Gasteiger charge is 2.30. The molecule has 3 nitrogen and oxygen atoms in total. The molecule has 2 N–H and O–H groups in total. The highest BCUT2D eigenvalue weighted by atomic mass is 15.2. The first kappa shape index (κ1) is 15.5.